The zero-order valence-corrected chi connectivity index (χ0v) is 12.8. The van der Waals surface area contributed by atoms with Crippen molar-refractivity contribution >= 4 is 0 Å². The summed E-state index contributed by atoms with van der Waals surface area (Å²) in [5.74, 6) is 0.259. The summed E-state index contributed by atoms with van der Waals surface area (Å²) < 4.78 is 0. The molecule has 0 atom stereocenters. The smallest absolute Gasteiger partial charge is 0.0854 e. The monoisotopic (exact) mass is 280 g/mol. The summed E-state index contributed by atoms with van der Waals surface area (Å²) in [6.45, 7) is 5.70. The summed E-state index contributed by atoms with van der Waals surface area (Å²) in [4.78, 5) is 0. The van der Waals surface area contributed by atoms with Crippen LogP contribution in [0.3, 0.4) is 0 Å². The highest BCUT2D eigenvalue weighted by Gasteiger charge is 1.99. The molecule has 1 N–H and O–H groups in total. The molecule has 0 aromatic heterocycles. The predicted molar refractivity (Wildman–Crippen MR) is 89.8 cm³/mol. The molecule has 0 saturated carbocycles. The van der Waals surface area contributed by atoms with Crippen LogP contribution in [0.1, 0.15) is 35.6 Å². The van der Waals surface area contributed by atoms with Crippen molar-refractivity contribution in [2.24, 2.45) is 0 Å². The van der Waals surface area contributed by atoms with Gasteiger partial charge in [0.05, 0.1) is 5.76 Å². The predicted octanol–water partition coefficient (Wildman–Crippen LogP) is 5.04. The first kappa shape index (κ1) is 15.4. The molecule has 1 nitrogen and oxygen atoms in total. The minimum absolute atomic E-state index is 0.259. The maximum atomic E-state index is 9.12. The molecule has 1 heteroatoms. The number of rotatable bonds is 7. The van der Waals surface area contributed by atoms with E-state index >= 15 is 0 Å². The van der Waals surface area contributed by atoms with Crippen LogP contribution in [0.25, 0.3) is 0 Å². The van der Waals surface area contributed by atoms with Gasteiger partial charge in [-0.2, -0.15) is 0 Å². The molecule has 0 aliphatic heterocycles. The lowest BCUT2D eigenvalue weighted by atomic mass is 10.0. The standard InChI is InChI=1S/C20H24O/c1-3-17-6-8-19(9-7-17)14-15-20-12-10-18(11-13-20)5-4-16(2)21/h6-13,21H,2-5,14-15H2,1H3. The van der Waals surface area contributed by atoms with Crippen molar-refractivity contribution in [1.29, 1.82) is 0 Å². The van der Waals surface area contributed by atoms with Gasteiger partial charge in [-0.25, -0.2) is 0 Å². The Labute approximate surface area is 128 Å². The molecule has 0 bridgehead atoms. The lowest BCUT2D eigenvalue weighted by Gasteiger charge is -2.05. The summed E-state index contributed by atoms with van der Waals surface area (Å²) in [7, 11) is 0. The van der Waals surface area contributed by atoms with Gasteiger partial charge in [-0.1, -0.05) is 62.0 Å². The number of aliphatic hydroxyl groups excluding tert-OH is 1. The maximum Gasteiger partial charge on any atom is 0.0854 e. The average molecular weight is 280 g/mol. The molecule has 21 heavy (non-hydrogen) atoms. The normalized spacial score (nSPS) is 10.5. The Morgan fingerprint density at radius 2 is 1.14 bits per heavy atom. The van der Waals surface area contributed by atoms with Gasteiger partial charge in [0, 0.05) is 6.42 Å². The quantitative estimate of drug-likeness (QED) is 0.705. The lowest BCUT2D eigenvalue weighted by molar-refractivity contribution is 0.391. The molecule has 0 aliphatic rings. The van der Waals surface area contributed by atoms with Crippen molar-refractivity contribution in [2.75, 3.05) is 0 Å². The van der Waals surface area contributed by atoms with Gasteiger partial charge in [-0.05, 0) is 47.9 Å². The summed E-state index contributed by atoms with van der Waals surface area (Å²) >= 11 is 0. The molecule has 2 aromatic carbocycles. The first-order valence-electron chi connectivity index (χ1n) is 7.69. The van der Waals surface area contributed by atoms with Gasteiger partial charge in [0.2, 0.25) is 0 Å². The van der Waals surface area contributed by atoms with Gasteiger partial charge in [-0.3, -0.25) is 0 Å². The van der Waals surface area contributed by atoms with Crippen molar-refractivity contribution in [3.8, 4) is 0 Å². The van der Waals surface area contributed by atoms with E-state index in [1.54, 1.807) is 0 Å². The Morgan fingerprint density at radius 1 is 0.762 bits per heavy atom. The molecule has 0 fully saturated rings. The van der Waals surface area contributed by atoms with Crippen molar-refractivity contribution in [2.45, 2.75) is 39.0 Å². The van der Waals surface area contributed by atoms with E-state index in [0.29, 0.717) is 6.42 Å². The molecule has 0 amide bonds. The lowest BCUT2D eigenvalue weighted by Crippen LogP contribution is -1.93. The van der Waals surface area contributed by atoms with Crippen LogP contribution in [0.15, 0.2) is 60.9 Å². The topological polar surface area (TPSA) is 20.2 Å². The van der Waals surface area contributed by atoms with Crippen LogP contribution < -0.4 is 0 Å². The highest BCUT2D eigenvalue weighted by Crippen LogP contribution is 2.12. The van der Waals surface area contributed by atoms with Gasteiger partial charge in [0.1, 0.15) is 0 Å². The van der Waals surface area contributed by atoms with E-state index in [9.17, 15) is 0 Å². The van der Waals surface area contributed by atoms with Gasteiger partial charge >= 0.3 is 0 Å². The Bertz CT molecular complexity index is 564. The molecular weight excluding hydrogens is 256 g/mol. The van der Waals surface area contributed by atoms with E-state index < -0.39 is 0 Å². The molecule has 0 heterocycles. The highest BCUT2D eigenvalue weighted by molar-refractivity contribution is 5.26. The number of aryl methyl sites for hydroxylation is 4. The second-order valence-corrected chi connectivity index (χ2v) is 5.55. The van der Waals surface area contributed by atoms with E-state index in [-0.39, 0.29) is 5.76 Å². The second kappa shape index (κ2) is 7.68. The maximum absolute atomic E-state index is 9.12. The molecule has 2 aromatic rings. The number of hydrogen-bond acceptors (Lipinski definition) is 1. The third kappa shape index (κ3) is 5.11. The van der Waals surface area contributed by atoms with Crippen LogP contribution in [-0.4, -0.2) is 5.11 Å². The molecule has 0 radical (unpaired) electrons. The number of aliphatic hydroxyl groups is 1. The van der Waals surface area contributed by atoms with Gasteiger partial charge in [0.25, 0.3) is 0 Å². The molecule has 0 aliphatic carbocycles. The summed E-state index contributed by atoms with van der Waals surface area (Å²) in [5.41, 5.74) is 5.41. The van der Waals surface area contributed by atoms with Gasteiger partial charge in [-0.15, -0.1) is 0 Å². The average Bonchev–Trinajstić information content (AvgIpc) is 2.52. The zero-order valence-electron chi connectivity index (χ0n) is 12.8. The molecular formula is C20H24O. The van der Waals surface area contributed by atoms with Crippen LogP contribution in [0.5, 0.6) is 0 Å². The first-order valence-corrected chi connectivity index (χ1v) is 7.69. The fourth-order valence-electron chi connectivity index (χ4n) is 2.39. The van der Waals surface area contributed by atoms with Crippen LogP contribution >= 0.6 is 0 Å². The van der Waals surface area contributed by atoms with E-state index in [2.05, 4.69) is 62.0 Å². The summed E-state index contributed by atoms with van der Waals surface area (Å²) in [6.07, 6.45) is 4.74. The third-order valence-corrected chi connectivity index (χ3v) is 3.86. The summed E-state index contributed by atoms with van der Waals surface area (Å²) in [5, 5.41) is 9.12. The zero-order chi connectivity index (χ0) is 15.1. The van der Waals surface area contributed by atoms with Crippen molar-refractivity contribution < 1.29 is 5.11 Å². The van der Waals surface area contributed by atoms with Crippen LogP contribution in [-0.2, 0) is 25.7 Å². The van der Waals surface area contributed by atoms with E-state index in [1.165, 1.54) is 22.3 Å². The minimum atomic E-state index is 0.259. The Hall–Kier alpha value is -2.02. The van der Waals surface area contributed by atoms with Gasteiger partial charge < -0.3 is 5.11 Å². The molecule has 2 rings (SSSR count). The van der Waals surface area contributed by atoms with Crippen LogP contribution in [0.2, 0.25) is 0 Å². The molecule has 110 valence electrons. The van der Waals surface area contributed by atoms with E-state index in [0.717, 1.165) is 25.7 Å². The Balaban J connectivity index is 1.86. The fourth-order valence-corrected chi connectivity index (χ4v) is 2.39. The first-order chi connectivity index (χ1) is 10.2. The Kier molecular flexibility index (Phi) is 5.62. The Morgan fingerprint density at radius 3 is 1.52 bits per heavy atom. The largest absolute Gasteiger partial charge is 0.513 e. The third-order valence-electron chi connectivity index (χ3n) is 3.86. The SMILES string of the molecule is C=C(O)CCc1ccc(CCc2ccc(CC)cc2)cc1. The number of allylic oxidation sites excluding steroid dienone is 1. The molecule has 0 saturated heterocycles. The minimum Gasteiger partial charge on any atom is -0.513 e. The van der Waals surface area contributed by atoms with Crippen LogP contribution in [0.4, 0.5) is 0 Å². The molecule has 0 spiro atoms. The van der Waals surface area contributed by atoms with Crippen molar-refractivity contribution in [3.05, 3.63) is 83.1 Å². The van der Waals surface area contributed by atoms with Crippen molar-refractivity contribution in [3.63, 3.8) is 0 Å². The molecule has 0 unspecified atom stereocenters. The van der Waals surface area contributed by atoms with E-state index in [4.69, 9.17) is 5.11 Å². The van der Waals surface area contributed by atoms with E-state index in [1.807, 2.05) is 0 Å². The van der Waals surface area contributed by atoms with Gasteiger partial charge in [0.15, 0.2) is 0 Å². The fraction of sp³-hybridized carbons (Fsp3) is 0.300. The number of hydrogen-bond donors (Lipinski definition) is 1. The van der Waals surface area contributed by atoms with Crippen LogP contribution in [0, 0.1) is 0 Å². The summed E-state index contributed by atoms with van der Waals surface area (Å²) in [6, 6.07) is 17.6. The van der Waals surface area contributed by atoms with Crippen molar-refractivity contribution in [1.82, 2.24) is 0 Å². The second-order valence-electron chi connectivity index (χ2n) is 5.55. The number of benzene rings is 2. The highest BCUT2D eigenvalue weighted by atomic mass is 16.3.